The maximum absolute atomic E-state index is 12.7. The molecule has 1 aliphatic heterocycles. The molecule has 0 aromatic heterocycles. The maximum Gasteiger partial charge on any atom is 0.419 e. The summed E-state index contributed by atoms with van der Waals surface area (Å²) in [6.45, 7) is -0.534. The third-order valence-electron chi connectivity index (χ3n) is 3.95. The lowest BCUT2D eigenvalue weighted by atomic mass is 9.93. The lowest BCUT2D eigenvalue weighted by Gasteiger charge is -2.49. The van der Waals surface area contributed by atoms with Crippen molar-refractivity contribution < 1.29 is 22.7 Å². The summed E-state index contributed by atoms with van der Waals surface area (Å²) in [6.07, 6.45) is -0.238. The zero-order chi connectivity index (χ0) is 14.1. The van der Waals surface area contributed by atoms with Crippen LogP contribution in [0.3, 0.4) is 0 Å². The van der Waals surface area contributed by atoms with Gasteiger partial charge in [-0.15, -0.1) is 0 Å². The summed E-state index contributed by atoms with van der Waals surface area (Å²) in [5.74, 6) is -0.196. The third-order valence-corrected chi connectivity index (χ3v) is 3.95. The van der Waals surface area contributed by atoms with E-state index in [1.54, 1.807) is 0 Å². The molecule has 0 aromatic carbocycles. The average molecular weight is 280 g/mol. The first kappa shape index (κ1) is 14.6. The Morgan fingerprint density at radius 2 is 1.95 bits per heavy atom. The third kappa shape index (κ3) is 3.02. The molecule has 1 saturated heterocycles. The van der Waals surface area contributed by atoms with E-state index in [-0.39, 0.29) is 31.6 Å². The van der Waals surface area contributed by atoms with Crippen LogP contribution in [-0.4, -0.2) is 55.4 Å². The number of hydrogen-bond donors (Lipinski definition) is 1. The normalized spacial score (nSPS) is 24.2. The highest BCUT2D eigenvalue weighted by Gasteiger charge is 2.62. The van der Waals surface area contributed by atoms with Crippen LogP contribution < -0.4 is 5.32 Å². The Hall–Kier alpha value is -0.820. The number of nitrogens with zero attached hydrogens (tertiary/aromatic N) is 1. The number of rotatable bonds is 4. The molecule has 0 unspecified atom stereocenters. The van der Waals surface area contributed by atoms with E-state index in [2.05, 4.69) is 10.1 Å². The van der Waals surface area contributed by atoms with Crippen LogP contribution in [0.25, 0.3) is 0 Å². The van der Waals surface area contributed by atoms with E-state index in [1.807, 2.05) is 0 Å². The van der Waals surface area contributed by atoms with Gasteiger partial charge in [-0.25, -0.2) is 0 Å². The number of amides is 1. The van der Waals surface area contributed by atoms with Crippen molar-refractivity contribution in [3.8, 4) is 0 Å². The highest BCUT2D eigenvalue weighted by Crippen LogP contribution is 2.40. The van der Waals surface area contributed by atoms with Crippen LogP contribution in [0.1, 0.15) is 25.7 Å². The zero-order valence-corrected chi connectivity index (χ0v) is 10.9. The Balaban J connectivity index is 1.76. The average Bonchev–Trinajstić information content (AvgIpc) is 2.73. The van der Waals surface area contributed by atoms with E-state index in [1.165, 1.54) is 4.90 Å². The van der Waals surface area contributed by atoms with Crippen molar-refractivity contribution in [1.29, 1.82) is 0 Å². The molecular formula is C12H19F3N2O2. The number of hydrogen-bond acceptors (Lipinski definition) is 3. The quantitative estimate of drug-likeness (QED) is 0.844. The maximum atomic E-state index is 12.7. The van der Waals surface area contributed by atoms with E-state index < -0.39 is 11.8 Å². The molecule has 1 N–H and O–H groups in total. The van der Waals surface area contributed by atoms with Crippen molar-refractivity contribution in [1.82, 2.24) is 10.2 Å². The number of nitrogens with one attached hydrogen (secondary N) is 1. The fraction of sp³-hybridized carbons (Fsp3) is 0.917. The van der Waals surface area contributed by atoms with E-state index in [0.29, 0.717) is 0 Å². The molecule has 0 aromatic rings. The predicted octanol–water partition coefficient (Wildman–Crippen LogP) is 1.31. The van der Waals surface area contributed by atoms with Crippen LogP contribution in [0.5, 0.6) is 0 Å². The summed E-state index contributed by atoms with van der Waals surface area (Å²) in [5.41, 5.74) is -2.10. The second kappa shape index (κ2) is 5.28. The summed E-state index contributed by atoms with van der Waals surface area (Å²) >= 11 is 0. The highest BCUT2D eigenvalue weighted by molar-refractivity contribution is 5.78. The SMILES string of the molecule is COC1(C(F)(F)F)CN(CC(=O)NC2CCCC2)C1. The molecular weight excluding hydrogens is 261 g/mol. The van der Waals surface area contributed by atoms with Gasteiger partial charge in [0, 0.05) is 26.2 Å². The van der Waals surface area contributed by atoms with Crippen LogP contribution in [-0.2, 0) is 9.53 Å². The number of carbonyl (C=O) groups excluding carboxylic acids is 1. The van der Waals surface area contributed by atoms with E-state index in [4.69, 9.17) is 0 Å². The minimum absolute atomic E-state index is 0.0116. The number of halogens is 3. The van der Waals surface area contributed by atoms with Gasteiger partial charge in [-0.1, -0.05) is 12.8 Å². The van der Waals surface area contributed by atoms with Crippen molar-refractivity contribution >= 4 is 5.91 Å². The lowest BCUT2D eigenvalue weighted by Crippen LogP contribution is -2.71. The van der Waals surface area contributed by atoms with Crippen LogP contribution in [0, 0.1) is 0 Å². The molecule has 1 aliphatic carbocycles. The molecule has 2 fully saturated rings. The molecule has 2 rings (SSSR count). The minimum Gasteiger partial charge on any atom is -0.366 e. The Kier molecular flexibility index (Phi) is 4.06. The molecule has 4 nitrogen and oxygen atoms in total. The zero-order valence-electron chi connectivity index (χ0n) is 10.9. The summed E-state index contributed by atoms with van der Waals surface area (Å²) in [4.78, 5) is 13.1. The molecule has 0 atom stereocenters. The smallest absolute Gasteiger partial charge is 0.366 e. The van der Waals surface area contributed by atoms with Gasteiger partial charge in [0.15, 0.2) is 5.60 Å². The van der Waals surface area contributed by atoms with Crippen molar-refractivity contribution in [3.05, 3.63) is 0 Å². The first-order chi connectivity index (χ1) is 8.86. The van der Waals surface area contributed by atoms with Gasteiger partial charge < -0.3 is 10.1 Å². The van der Waals surface area contributed by atoms with E-state index in [9.17, 15) is 18.0 Å². The Morgan fingerprint density at radius 3 is 2.42 bits per heavy atom. The second-order valence-electron chi connectivity index (χ2n) is 5.39. The molecule has 110 valence electrons. The monoisotopic (exact) mass is 280 g/mol. The van der Waals surface area contributed by atoms with Gasteiger partial charge >= 0.3 is 6.18 Å². The number of carbonyl (C=O) groups is 1. The summed E-state index contributed by atoms with van der Waals surface area (Å²) in [7, 11) is 1.06. The van der Waals surface area contributed by atoms with Crippen molar-refractivity contribution in [2.75, 3.05) is 26.7 Å². The van der Waals surface area contributed by atoms with Gasteiger partial charge in [0.05, 0.1) is 6.54 Å². The Labute approximate surface area is 110 Å². The van der Waals surface area contributed by atoms with Crippen molar-refractivity contribution in [2.45, 2.75) is 43.5 Å². The molecule has 2 aliphatic rings. The second-order valence-corrected chi connectivity index (χ2v) is 5.39. The first-order valence-electron chi connectivity index (χ1n) is 6.50. The van der Waals surface area contributed by atoms with Gasteiger partial charge in [-0.05, 0) is 12.8 Å². The van der Waals surface area contributed by atoms with Gasteiger partial charge in [0.1, 0.15) is 0 Å². The van der Waals surface area contributed by atoms with Crippen molar-refractivity contribution in [3.63, 3.8) is 0 Å². The Bertz CT molecular complexity index is 334. The molecule has 0 bridgehead atoms. The van der Waals surface area contributed by atoms with E-state index >= 15 is 0 Å². The van der Waals surface area contributed by atoms with Crippen LogP contribution >= 0.6 is 0 Å². The number of alkyl halides is 3. The van der Waals surface area contributed by atoms with Crippen LogP contribution in [0.4, 0.5) is 13.2 Å². The summed E-state index contributed by atoms with van der Waals surface area (Å²) in [6, 6.07) is 0.198. The molecule has 7 heteroatoms. The molecule has 1 saturated carbocycles. The van der Waals surface area contributed by atoms with Crippen LogP contribution in [0.15, 0.2) is 0 Å². The number of methoxy groups -OCH3 is 1. The molecule has 0 radical (unpaired) electrons. The minimum atomic E-state index is -4.39. The summed E-state index contributed by atoms with van der Waals surface area (Å²) < 4.78 is 42.8. The van der Waals surface area contributed by atoms with Crippen molar-refractivity contribution in [2.24, 2.45) is 0 Å². The van der Waals surface area contributed by atoms with Gasteiger partial charge in [-0.2, -0.15) is 13.2 Å². The van der Waals surface area contributed by atoms with Crippen LogP contribution in [0.2, 0.25) is 0 Å². The molecule has 1 heterocycles. The van der Waals surface area contributed by atoms with Gasteiger partial charge in [-0.3, -0.25) is 9.69 Å². The van der Waals surface area contributed by atoms with Gasteiger partial charge in [0.2, 0.25) is 5.91 Å². The molecule has 1 amide bonds. The Morgan fingerprint density at radius 1 is 1.37 bits per heavy atom. The van der Waals surface area contributed by atoms with Gasteiger partial charge in [0.25, 0.3) is 0 Å². The molecule has 19 heavy (non-hydrogen) atoms. The largest absolute Gasteiger partial charge is 0.419 e. The molecule has 0 spiro atoms. The summed E-state index contributed by atoms with van der Waals surface area (Å²) in [5, 5.41) is 2.86. The highest BCUT2D eigenvalue weighted by atomic mass is 19.4. The number of ether oxygens (including phenoxy) is 1. The first-order valence-corrected chi connectivity index (χ1v) is 6.50. The van der Waals surface area contributed by atoms with E-state index in [0.717, 1.165) is 32.8 Å². The predicted molar refractivity (Wildman–Crippen MR) is 62.6 cm³/mol. The topological polar surface area (TPSA) is 41.6 Å². The lowest BCUT2D eigenvalue weighted by molar-refractivity contribution is -0.309. The fourth-order valence-corrected chi connectivity index (χ4v) is 2.76. The number of likely N-dealkylation sites (tertiary alicyclic amines) is 1. The standard InChI is InChI=1S/C12H19F3N2O2/c1-19-11(12(13,14)15)7-17(8-11)6-10(18)16-9-4-2-3-5-9/h9H,2-8H2,1H3,(H,16,18). The fourth-order valence-electron chi connectivity index (χ4n) is 2.76.